The smallest absolute Gasteiger partial charge is 0.227 e. The molecule has 0 bridgehead atoms. The van der Waals surface area contributed by atoms with E-state index in [2.05, 4.69) is 0 Å². The van der Waals surface area contributed by atoms with E-state index in [1.807, 2.05) is 0 Å². The van der Waals surface area contributed by atoms with E-state index in [-0.39, 0.29) is 17.9 Å². The fourth-order valence-corrected chi connectivity index (χ4v) is 2.38. The number of hydrogen-bond acceptors (Lipinski definition) is 2. The second-order valence-corrected chi connectivity index (χ2v) is 4.95. The maximum atomic E-state index is 13.5. The van der Waals surface area contributed by atoms with Gasteiger partial charge in [-0.15, -0.1) is 0 Å². The summed E-state index contributed by atoms with van der Waals surface area (Å²) in [6.07, 6.45) is 1.68. The van der Waals surface area contributed by atoms with Crippen molar-refractivity contribution in [1.82, 2.24) is 4.90 Å². The van der Waals surface area contributed by atoms with Crippen LogP contribution in [0.2, 0.25) is 0 Å². The highest BCUT2D eigenvalue weighted by atomic mass is 19.2. The number of hydrogen-bond donors (Lipinski definition) is 1. The van der Waals surface area contributed by atoms with Gasteiger partial charge in [0.15, 0.2) is 11.6 Å². The molecule has 0 unspecified atom stereocenters. The molecule has 1 fully saturated rings. The molecule has 104 valence electrons. The summed E-state index contributed by atoms with van der Waals surface area (Å²) in [7, 11) is 0. The van der Waals surface area contributed by atoms with E-state index in [9.17, 15) is 13.6 Å². The molecule has 1 aliphatic rings. The molecule has 3 nitrogen and oxygen atoms in total. The van der Waals surface area contributed by atoms with Crippen LogP contribution in [0.1, 0.15) is 18.4 Å². The Balaban J connectivity index is 1.96. The van der Waals surface area contributed by atoms with E-state index in [4.69, 9.17) is 5.73 Å². The van der Waals surface area contributed by atoms with E-state index >= 15 is 0 Å². The molecule has 1 aromatic carbocycles. The van der Waals surface area contributed by atoms with E-state index in [0.717, 1.165) is 18.9 Å². The molecule has 5 heteroatoms. The van der Waals surface area contributed by atoms with Gasteiger partial charge in [-0.25, -0.2) is 8.78 Å². The second-order valence-electron chi connectivity index (χ2n) is 4.95. The summed E-state index contributed by atoms with van der Waals surface area (Å²) in [5.74, 6) is -1.52. The van der Waals surface area contributed by atoms with E-state index in [1.54, 1.807) is 4.90 Å². The van der Waals surface area contributed by atoms with Crippen LogP contribution in [0.15, 0.2) is 18.2 Å². The Labute approximate surface area is 111 Å². The van der Waals surface area contributed by atoms with Crippen LogP contribution >= 0.6 is 0 Å². The van der Waals surface area contributed by atoms with Crippen molar-refractivity contribution in [3.63, 3.8) is 0 Å². The topological polar surface area (TPSA) is 46.3 Å². The third kappa shape index (κ3) is 3.29. The number of nitrogens with zero attached hydrogens (tertiary/aromatic N) is 1. The highest BCUT2D eigenvalue weighted by molar-refractivity contribution is 5.78. The molecule has 2 rings (SSSR count). The first-order valence-corrected chi connectivity index (χ1v) is 6.52. The fourth-order valence-electron chi connectivity index (χ4n) is 2.38. The van der Waals surface area contributed by atoms with E-state index < -0.39 is 11.6 Å². The molecular formula is C14H18F2N2O. The van der Waals surface area contributed by atoms with Gasteiger partial charge in [-0.3, -0.25) is 4.79 Å². The molecular weight excluding hydrogens is 250 g/mol. The number of piperidine rings is 1. The number of nitrogens with two attached hydrogens (primary N) is 1. The molecule has 1 amide bonds. The first-order valence-electron chi connectivity index (χ1n) is 6.52. The van der Waals surface area contributed by atoms with Crippen LogP contribution < -0.4 is 5.73 Å². The summed E-state index contributed by atoms with van der Waals surface area (Å²) in [6, 6.07) is 3.92. The van der Waals surface area contributed by atoms with Gasteiger partial charge in [0.05, 0.1) is 6.42 Å². The van der Waals surface area contributed by atoms with Crippen LogP contribution in [0.25, 0.3) is 0 Å². The standard InChI is InChI=1S/C14H18F2N2O/c15-12-3-1-2-11(14(12)16)8-13(19)18-6-4-10(9-17)5-7-18/h1-3,10H,4-9,17H2. The Bertz CT molecular complexity index is 457. The minimum absolute atomic E-state index is 0.0864. The highest BCUT2D eigenvalue weighted by Crippen LogP contribution is 2.18. The molecule has 0 spiro atoms. The number of benzene rings is 1. The normalized spacial score (nSPS) is 16.7. The van der Waals surface area contributed by atoms with Gasteiger partial charge in [0.2, 0.25) is 5.91 Å². The largest absolute Gasteiger partial charge is 0.342 e. The molecule has 0 aliphatic carbocycles. The molecule has 1 aromatic rings. The van der Waals surface area contributed by atoms with Crippen molar-refractivity contribution in [2.75, 3.05) is 19.6 Å². The van der Waals surface area contributed by atoms with Gasteiger partial charge in [-0.1, -0.05) is 12.1 Å². The molecule has 19 heavy (non-hydrogen) atoms. The summed E-state index contributed by atoms with van der Waals surface area (Å²) in [6.45, 7) is 1.94. The van der Waals surface area contributed by atoms with Gasteiger partial charge in [-0.2, -0.15) is 0 Å². The Morgan fingerprint density at radius 3 is 2.63 bits per heavy atom. The van der Waals surface area contributed by atoms with Crippen molar-refractivity contribution >= 4 is 5.91 Å². The zero-order valence-electron chi connectivity index (χ0n) is 10.7. The van der Waals surface area contributed by atoms with Crippen LogP contribution in [0.5, 0.6) is 0 Å². The Morgan fingerprint density at radius 2 is 2.00 bits per heavy atom. The minimum Gasteiger partial charge on any atom is -0.342 e. The lowest BCUT2D eigenvalue weighted by Gasteiger charge is -2.31. The summed E-state index contributed by atoms with van der Waals surface area (Å²) in [5.41, 5.74) is 5.71. The summed E-state index contributed by atoms with van der Waals surface area (Å²) in [5, 5.41) is 0. The number of amides is 1. The molecule has 0 radical (unpaired) electrons. The first kappa shape index (κ1) is 13.9. The Hall–Kier alpha value is -1.49. The van der Waals surface area contributed by atoms with Crippen LogP contribution in [-0.4, -0.2) is 30.4 Å². The van der Waals surface area contributed by atoms with Crippen LogP contribution in [0.4, 0.5) is 8.78 Å². The van der Waals surface area contributed by atoms with E-state index in [0.29, 0.717) is 25.6 Å². The van der Waals surface area contributed by atoms with Crippen molar-refractivity contribution in [3.8, 4) is 0 Å². The lowest BCUT2D eigenvalue weighted by Crippen LogP contribution is -2.40. The number of halogens is 2. The summed E-state index contributed by atoms with van der Waals surface area (Å²) in [4.78, 5) is 13.7. The molecule has 1 aliphatic heterocycles. The second kappa shape index (κ2) is 6.10. The van der Waals surface area contributed by atoms with Crippen LogP contribution in [0, 0.1) is 17.6 Å². The van der Waals surface area contributed by atoms with Gasteiger partial charge in [0, 0.05) is 18.7 Å². The first-order chi connectivity index (χ1) is 9.11. The average Bonchev–Trinajstić information content (AvgIpc) is 2.44. The number of carbonyl (C=O) groups excluding carboxylic acids is 1. The van der Waals surface area contributed by atoms with Crippen molar-refractivity contribution in [2.45, 2.75) is 19.3 Å². The molecule has 2 N–H and O–H groups in total. The van der Waals surface area contributed by atoms with Crippen molar-refractivity contribution in [2.24, 2.45) is 11.7 Å². The highest BCUT2D eigenvalue weighted by Gasteiger charge is 2.23. The van der Waals surface area contributed by atoms with E-state index in [1.165, 1.54) is 12.1 Å². The third-order valence-electron chi connectivity index (χ3n) is 3.67. The van der Waals surface area contributed by atoms with Crippen LogP contribution in [0.3, 0.4) is 0 Å². The predicted octanol–water partition coefficient (Wildman–Crippen LogP) is 1.70. The van der Waals surface area contributed by atoms with Gasteiger partial charge in [0.1, 0.15) is 0 Å². The van der Waals surface area contributed by atoms with Crippen LogP contribution in [-0.2, 0) is 11.2 Å². The van der Waals surface area contributed by atoms with Gasteiger partial charge in [-0.05, 0) is 31.4 Å². The molecule has 0 atom stereocenters. The number of rotatable bonds is 3. The monoisotopic (exact) mass is 268 g/mol. The lowest BCUT2D eigenvalue weighted by atomic mass is 9.96. The van der Waals surface area contributed by atoms with Gasteiger partial charge >= 0.3 is 0 Å². The Morgan fingerprint density at radius 1 is 1.32 bits per heavy atom. The molecule has 0 saturated carbocycles. The SMILES string of the molecule is NCC1CCN(C(=O)Cc2cccc(F)c2F)CC1. The summed E-state index contributed by atoms with van der Waals surface area (Å²) < 4.78 is 26.5. The van der Waals surface area contributed by atoms with Gasteiger partial charge < -0.3 is 10.6 Å². The predicted molar refractivity (Wildman–Crippen MR) is 68.4 cm³/mol. The zero-order valence-corrected chi connectivity index (χ0v) is 10.7. The molecule has 1 heterocycles. The maximum absolute atomic E-state index is 13.5. The van der Waals surface area contributed by atoms with Crippen molar-refractivity contribution in [3.05, 3.63) is 35.4 Å². The summed E-state index contributed by atoms with van der Waals surface area (Å²) >= 11 is 0. The molecule has 1 saturated heterocycles. The minimum atomic E-state index is -0.923. The molecule has 0 aromatic heterocycles. The Kier molecular flexibility index (Phi) is 4.47. The quantitative estimate of drug-likeness (QED) is 0.907. The zero-order chi connectivity index (χ0) is 13.8. The third-order valence-corrected chi connectivity index (χ3v) is 3.67. The number of likely N-dealkylation sites (tertiary alicyclic amines) is 1. The average molecular weight is 268 g/mol. The van der Waals surface area contributed by atoms with Gasteiger partial charge in [0.25, 0.3) is 0 Å². The lowest BCUT2D eigenvalue weighted by molar-refractivity contribution is -0.131. The number of carbonyl (C=O) groups is 1. The van der Waals surface area contributed by atoms with Crippen molar-refractivity contribution < 1.29 is 13.6 Å². The fraction of sp³-hybridized carbons (Fsp3) is 0.500. The van der Waals surface area contributed by atoms with Crippen molar-refractivity contribution in [1.29, 1.82) is 0 Å². The maximum Gasteiger partial charge on any atom is 0.227 e.